The predicted molar refractivity (Wildman–Crippen MR) is 108 cm³/mol. The normalized spacial score (nSPS) is 15.4. The number of aromatic nitrogens is 4. The van der Waals surface area contributed by atoms with E-state index in [4.69, 9.17) is 5.73 Å². The molecule has 1 aliphatic rings. The van der Waals surface area contributed by atoms with Crippen molar-refractivity contribution in [3.63, 3.8) is 0 Å². The van der Waals surface area contributed by atoms with Gasteiger partial charge in [-0.1, -0.05) is 13.8 Å². The molecule has 1 amide bonds. The Kier molecular flexibility index (Phi) is 4.95. The Morgan fingerprint density at radius 1 is 1.23 bits per heavy atom. The van der Waals surface area contributed by atoms with E-state index in [0.29, 0.717) is 30.6 Å². The van der Waals surface area contributed by atoms with E-state index in [1.165, 1.54) is 35.3 Å². The van der Waals surface area contributed by atoms with Gasteiger partial charge >= 0.3 is 6.18 Å². The lowest BCUT2D eigenvalue weighted by Gasteiger charge is -2.30. The zero-order valence-electron chi connectivity index (χ0n) is 17.0. The third-order valence-electron chi connectivity index (χ3n) is 5.38. The summed E-state index contributed by atoms with van der Waals surface area (Å²) in [6.07, 6.45) is -0.112. The number of halogens is 3. The number of fused-ring (bicyclic) bond motifs is 1. The topological polar surface area (TPSA) is 98.7 Å². The summed E-state index contributed by atoms with van der Waals surface area (Å²) in [5.74, 6) is -0.466. The summed E-state index contributed by atoms with van der Waals surface area (Å²) in [6.45, 7) is 4.05. The molecule has 162 valence electrons. The SMILES string of the molecule is CC1(C)CCc2c(C(F)(F)F)nn(-c3ccc(C(N)=O)c(Nc4ncccn4)c3)c2C1. The summed E-state index contributed by atoms with van der Waals surface area (Å²) < 4.78 is 42.3. The van der Waals surface area contributed by atoms with Crippen molar-refractivity contribution in [1.82, 2.24) is 19.7 Å². The van der Waals surface area contributed by atoms with Crippen molar-refractivity contribution in [3.05, 3.63) is 59.2 Å². The van der Waals surface area contributed by atoms with E-state index in [9.17, 15) is 18.0 Å². The number of anilines is 2. The Morgan fingerprint density at radius 3 is 2.58 bits per heavy atom. The maximum atomic E-state index is 13.7. The van der Waals surface area contributed by atoms with E-state index >= 15 is 0 Å². The average molecular weight is 430 g/mol. The quantitative estimate of drug-likeness (QED) is 0.651. The molecule has 2 aromatic heterocycles. The van der Waals surface area contributed by atoms with Crippen LogP contribution in [0.3, 0.4) is 0 Å². The van der Waals surface area contributed by atoms with Crippen LogP contribution in [0, 0.1) is 5.41 Å². The van der Waals surface area contributed by atoms with Gasteiger partial charge < -0.3 is 11.1 Å². The minimum Gasteiger partial charge on any atom is -0.366 e. The van der Waals surface area contributed by atoms with E-state index in [-0.39, 0.29) is 28.2 Å². The van der Waals surface area contributed by atoms with E-state index in [0.717, 1.165) is 0 Å². The molecule has 3 N–H and O–H groups in total. The number of amides is 1. The standard InChI is InChI=1S/C21H21F3N6O/c1-20(2)7-6-14-16(11-20)30(29-17(14)21(22,23)24)12-4-5-13(18(25)31)15(10-12)28-19-26-8-3-9-27-19/h3-5,8-10H,6-7,11H2,1-2H3,(H2,25,31)(H,26,27,28). The van der Waals surface area contributed by atoms with Gasteiger partial charge in [-0.25, -0.2) is 14.6 Å². The van der Waals surface area contributed by atoms with Gasteiger partial charge in [0.2, 0.25) is 5.95 Å². The Hall–Kier alpha value is -3.43. The smallest absolute Gasteiger partial charge is 0.366 e. The van der Waals surface area contributed by atoms with Crippen molar-refractivity contribution in [2.75, 3.05) is 5.32 Å². The highest BCUT2D eigenvalue weighted by molar-refractivity contribution is 5.99. The molecule has 10 heteroatoms. The van der Waals surface area contributed by atoms with Crippen molar-refractivity contribution in [1.29, 1.82) is 0 Å². The van der Waals surface area contributed by atoms with Gasteiger partial charge in [0.1, 0.15) is 0 Å². The number of nitrogens with zero attached hydrogens (tertiary/aromatic N) is 4. The van der Waals surface area contributed by atoms with Crippen LogP contribution in [0.1, 0.15) is 47.6 Å². The summed E-state index contributed by atoms with van der Waals surface area (Å²) in [7, 11) is 0. The van der Waals surface area contributed by atoms with Gasteiger partial charge in [-0.2, -0.15) is 18.3 Å². The van der Waals surface area contributed by atoms with Crippen LogP contribution in [0.5, 0.6) is 0 Å². The highest BCUT2D eigenvalue weighted by Gasteiger charge is 2.42. The van der Waals surface area contributed by atoms with Crippen molar-refractivity contribution < 1.29 is 18.0 Å². The molecule has 0 atom stereocenters. The van der Waals surface area contributed by atoms with Crippen LogP contribution in [0.15, 0.2) is 36.7 Å². The largest absolute Gasteiger partial charge is 0.435 e. The lowest BCUT2D eigenvalue weighted by Crippen LogP contribution is -2.24. The van der Waals surface area contributed by atoms with E-state index < -0.39 is 17.8 Å². The van der Waals surface area contributed by atoms with Crippen LogP contribution < -0.4 is 11.1 Å². The molecular formula is C21H21F3N6O. The van der Waals surface area contributed by atoms with Crippen molar-refractivity contribution in [3.8, 4) is 5.69 Å². The summed E-state index contributed by atoms with van der Waals surface area (Å²) in [5, 5.41) is 6.85. The molecule has 1 aromatic carbocycles. The number of primary amides is 1. The third kappa shape index (κ3) is 4.10. The summed E-state index contributed by atoms with van der Waals surface area (Å²) in [6, 6.07) is 6.16. The molecule has 1 aliphatic carbocycles. The molecule has 7 nitrogen and oxygen atoms in total. The minimum absolute atomic E-state index is 0.153. The lowest BCUT2D eigenvalue weighted by atomic mass is 9.76. The minimum atomic E-state index is -4.55. The molecule has 0 saturated heterocycles. The van der Waals surface area contributed by atoms with Gasteiger partial charge in [-0.3, -0.25) is 4.79 Å². The molecule has 0 spiro atoms. The van der Waals surface area contributed by atoms with Gasteiger partial charge in [0.05, 0.1) is 16.9 Å². The van der Waals surface area contributed by atoms with Crippen LogP contribution in [0.4, 0.5) is 24.8 Å². The number of hydrogen-bond donors (Lipinski definition) is 2. The zero-order valence-corrected chi connectivity index (χ0v) is 17.0. The second-order valence-electron chi connectivity index (χ2n) is 8.32. The second-order valence-corrected chi connectivity index (χ2v) is 8.32. The Bertz CT molecular complexity index is 1140. The molecule has 3 aromatic rings. The number of hydrogen-bond acceptors (Lipinski definition) is 5. The first-order chi connectivity index (χ1) is 14.5. The summed E-state index contributed by atoms with van der Waals surface area (Å²) >= 11 is 0. The highest BCUT2D eigenvalue weighted by Crippen LogP contribution is 2.42. The fourth-order valence-corrected chi connectivity index (χ4v) is 3.84. The van der Waals surface area contributed by atoms with Crippen molar-refractivity contribution in [2.24, 2.45) is 11.1 Å². The van der Waals surface area contributed by atoms with Crippen LogP contribution in [-0.4, -0.2) is 25.7 Å². The number of alkyl halides is 3. The molecule has 31 heavy (non-hydrogen) atoms. The lowest BCUT2D eigenvalue weighted by molar-refractivity contribution is -0.142. The number of rotatable bonds is 4. The molecule has 0 unspecified atom stereocenters. The van der Waals surface area contributed by atoms with E-state index in [1.54, 1.807) is 6.07 Å². The first kappa shape index (κ1) is 20.8. The van der Waals surface area contributed by atoms with Crippen molar-refractivity contribution in [2.45, 2.75) is 39.3 Å². The van der Waals surface area contributed by atoms with Gasteiger partial charge in [0, 0.05) is 23.7 Å². The van der Waals surface area contributed by atoms with Gasteiger partial charge in [0.25, 0.3) is 5.91 Å². The second kappa shape index (κ2) is 7.36. The molecule has 0 aliphatic heterocycles. The molecule has 0 bridgehead atoms. The Balaban J connectivity index is 1.85. The number of nitrogens with two attached hydrogens (primary N) is 1. The molecule has 0 radical (unpaired) electrons. The maximum absolute atomic E-state index is 13.7. The van der Waals surface area contributed by atoms with Gasteiger partial charge in [0.15, 0.2) is 5.69 Å². The Morgan fingerprint density at radius 2 is 1.94 bits per heavy atom. The number of carbonyl (C=O) groups is 1. The fraction of sp³-hybridized carbons (Fsp3) is 0.333. The number of benzene rings is 1. The van der Waals surface area contributed by atoms with Gasteiger partial charge in [-0.15, -0.1) is 0 Å². The molecule has 2 heterocycles. The average Bonchev–Trinajstić information content (AvgIpc) is 3.06. The Labute approximate surface area is 176 Å². The molecular weight excluding hydrogens is 409 g/mol. The van der Waals surface area contributed by atoms with E-state index in [1.807, 2.05) is 13.8 Å². The fourth-order valence-electron chi connectivity index (χ4n) is 3.84. The van der Waals surface area contributed by atoms with Crippen molar-refractivity contribution >= 4 is 17.5 Å². The van der Waals surface area contributed by atoms with Crippen LogP contribution in [0.2, 0.25) is 0 Å². The van der Waals surface area contributed by atoms with Gasteiger partial charge in [-0.05, 0) is 48.9 Å². The first-order valence-corrected chi connectivity index (χ1v) is 9.71. The number of carbonyl (C=O) groups excluding carboxylic acids is 1. The van der Waals surface area contributed by atoms with Crippen LogP contribution >= 0.6 is 0 Å². The third-order valence-corrected chi connectivity index (χ3v) is 5.38. The van der Waals surface area contributed by atoms with Crippen LogP contribution in [0.25, 0.3) is 5.69 Å². The zero-order chi connectivity index (χ0) is 22.4. The molecule has 0 saturated carbocycles. The van der Waals surface area contributed by atoms with E-state index in [2.05, 4.69) is 20.4 Å². The summed E-state index contributed by atoms with van der Waals surface area (Å²) in [4.78, 5) is 20.0. The highest BCUT2D eigenvalue weighted by atomic mass is 19.4. The predicted octanol–water partition coefficient (Wildman–Crippen LogP) is 4.04. The first-order valence-electron chi connectivity index (χ1n) is 9.71. The van der Waals surface area contributed by atoms with Crippen LogP contribution in [-0.2, 0) is 19.0 Å². The molecule has 0 fully saturated rings. The monoisotopic (exact) mass is 430 g/mol. The number of nitrogens with one attached hydrogen (secondary N) is 1. The maximum Gasteiger partial charge on any atom is 0.435 e. The summed E-state index contributed by atoms with van der Waals surface area (Å²) in [5.41, 5.74) is 6.04. The molecule has 4 rings (SSSR count).